The summed E-state index contributed by atoms with van der Waals surface area (Å²) in [6, 6.07) is 10.3. The first-order valence-corrected chi connectivity index (χ1v) is 7.42. The molecule has 0 unspecified atom stereocenters. The molecule has 1 N–H and O–H groups in total. The third kappa shape index (κ3) is 5.30. The number of benzene rings is 2. The summed E-state index contributed by atoms with van der Waals surface area (Å²) in [5.41, 5.74) is 1.42. The lowest BCUT2D eigenvalue weighted by Gasteiger charge is -2.11. The molecule has 0 heterocycles. The van der Waals surface area contributed by atoms with Gasteiger partial charge in [0.25, 0.3) is 0 Å². The van der Waals surface area contributed by atoms with Crippen molar-refractivity contribution in [2.24, 2.45) is 0 Å². The number of hydrogen-bond donors (Lipinski definition) is 1. The molecule has 0 fully saturated rings. The molecule has 0 saturated carbocycles. The molecular formula is C18H18F3NO2. The number of rotatable bonds is 5. The molecule has 1 amide bonds. The Morgan fingerprint density at radius 2 is 1.75 bits per heavy atom. The molecule has 0 saturated heterocycles. The van der Waals surface area contributed by atoms with E-state index >= 15 is 0 Å². The van der Waals surface area contributed by atoms with Crippen molar-refractivity contribution in [1.29, 1.82) is 0 Å². The molecule has 2 aromatic carbocycles. The van der Waals surface area contributed by atoms with Crippen molar-refractivity contribution in [2.75, 3.05) is 11.9 Å². The van der Waals surface area contributed by atoms with Gasteiger partial charge >= 0.3 is 6.18 Å². The molecule has 6 heteroatoms. The van der Waals surface area contributed by atoms with Crippen LogP contribution in [0.2, 0.25) is 0 Å². The topological polar surface area (TPSA) is 38.3 Å². The van der Waals surface area contributed by atoms with Crippen molar-refractivity contribution < 1.29 is 22.7 Å². The summed E-state index contributed by atoms with van der Waals surface area (Å²) in [4.78, 5) is 11.8. The summed E-state index contributed by atoms with van der Waals surface area (Å²) < 4.78 is 43.4. The van der Waals surface area contributed by atoms with Crippen molar-refractivity contribution in [3.63, 3.8) is 0 Å². The van der Waals surface area contributed by atoms with E-state index in [2.05, 4.69) is 5.32 Å². The van der Waals surface area contributed by atoms with E-state index in [4.69, 9.17) is 4.74 Å². The van der Waals surface area contributed by atoms with Gasteiger partial charge < -0.3 is 10.1 Å². The van der Waals surface area contributed by atoms with Gasteiger partial charge in [0.15, 0.2) is 0 Å². The lowest BCUT2D eigenvalue weighted by Crippen LogP contribution is -2.16. The van der Waals surface area contributed by atoms with Gasteiger partial charge in [0, 0.05) is 5.69 Å². The largest absolute Gasteiger partial charge is 0.493 e. The Kier molecular flexibility index (Phi) is 5.49. The van der Waals surface area contributed by atoms with Crippen molar-refractivity contribution >= 4 is 11.6 Å². The molecule has 0 spiro atoms. The first-order chi connectivity index (χ1) is 11.2. The Labute approximate surface area is 138 Å². The van der Waals surface area contributed by atoms with E-state index in [0.717, 1.165) is 23.3 Å². The molecule has 2 rings (SSSR count). The molecule has 2 aromatic rings. The molecule has 0 aliphatic heterocycles. The molecule has 24 heavy (non-hydrogen) atoms. The first kappa shape index (κ1) is 17.8. The van der Waals surface area contributed by atoms with Gasteiger partial charge in [0.05, 0.1) is 18.6 Å². The van der Waals surface area contributed by atoms with Crippen LogP contribution in [0.5, 0.6) is 5.75 Å². The summed E-state index contributed by atoms with van der Waals surface area (Å²) in [5, 5.41) is 2.44. The lowest BCUT2D eigenvalue weighted by atomic mass is 10.1. The average molecular weight is 337 g/mol. The van der Waals surface area contributed by atoms with E-state index in [1.165, 1.54) is 12.1 Å². The maximum Gasteiger partial charge on any atom is 0.416 e. The summed E-state index contributed by atoms with van der Waals surface area (Å²) >= 11 is 0. The number of alkyl halides is 3. The molecule has 0 radical (unpaired) electrons. The van der Waals surface area contributed by atoms with E-state index in [-0.39, 0.29) is 18.7 Å². The first-order valence-electron chi connectivity index (χ1n) is 7.42. The molecule has 0 aliphatic carbocycles. The van der Waals surface area contributed by atoms with Crippen molar-refractivity contribution in [3.05, 3.63) is 59.2 Å². The molecule has 0 aromatic heterocycles. The second kappa shape index (κ2) is 7.38. The lowest BCUT2D eigenvalue weighted by molar-refractivity contribution is -0.137. The summed E-state index contributed by atoms with van der Waals surface area (Å²) in [7, 11) is 0. The van der Waals surface area contributed by atoms with E-state index in [9.17, 15) is 18.0 Å². The van der Waals surface area contributed by atoms with Crippen LogP contribution in [0.1, 0.15) is 23.1 Å². The van der Waals surface area contributed by atoms with Crippen LogP contribution in [0.15, 0.2) is 42.5 Å². The Balaban J connectivity index is 1.87. The van der Waals surface area contributed by atoms with Crippen LogP contribution in [0.4, 0.5) is 18.9 Å². The fourth-order valence-electron chi connectivity index (χ4n) is 2.27. The number of carbonyl (C=O) groups is 1. The average Bonchev–Trinajstić information content (AvgIpc) is 2.45. The van der Waals surface area contributed by atoms with Gasteiger partial charge in [0.2, 0.25) is 5.91 Å². The quantitative estimate of drug-likeness (QED) is 0.856. The highest BCUT2D eigenvalue weighted by atomic mass is 19.4. The van der Waals surface area contributed by atoms with Crippen LogP contribution in [-0.4, -0.2) is 12.5 Å². The highest BCUT2D eigenvalue weighted by Gasteiger charge is 2.30. The minimum Gasteiger partial charge on any atom is -0.493 e. The standard InChI is InChI=1S/C18H18F3NO2/c1-12-8-13(2)10-16(9-12)24-7-6-17(23)22-15-5-3-4-14(11-15)18(19,20)21/h3-5,8-11H,6-7H2,1-2H3,(H,22,23). The number of halogens is 3. The van der Waals surface area contributed by atoms with Crippen molar-refractivity contribution in [3.8, 4) is 5.75 Å². The molecule has 0 aliphatic rings. The van der Waals surface area contributed by atoms with Crippen LogP contribution < -0.4 is 10.1 Å². The minimum absolute atomic E-state index is 0.0449. The Hall–Kier alpha value is -2.50. The number of hydrogen-bond acceptors (Lipinski definition) is 2. The second-order valence-electron chi connectivity index (χ2n) is 5.55. The van der Waals surface area contributed by atoms with E-state index in [1.54, 1.807) is 0 Å². The zero-order valence-corrected chi connectivity index (χ0v) is 13.4. The zero-order valence-electron chi connectivity index (χ0n) is 13.4. The monoisotopic (exact) mass is 337 g/mol. The molecule has 0 atom stereocenters. The number of ether oxygens (including phenoxy) is 1. The van der Waals surface area contributed by atoms with Crippen molar-refractivity contribution in [2.45, 2.75) is 26.4 Å². The molecule has 0 bridgehead atoms. The Morgan fingerprint density at radius 3 is 2.38 bits per heavy atom. The fourth-order valence-corrected chi connectivity index (χ4v) is 2.27. The van der Waals surface area contributed by atoms with Gasteiger partial charge in [-0.2, -0.15) is 13.2 Å². The molecule has 128 valence electrons. The minimum atomic E-state index is -4.44. The summed E-state index contributed by atoms with van der Waals surface area (Å²) in [6.45, 7) is 4.04. The van der Waals surface area contributed by atoms with E-state index in [1.807, 2.05) is 32.0 Å². The molecular weight excluding hydrogens is 319 g/mol. The van der Waals surface area contributed by atoms with Crippen LogP contribution >= 0.6 is 0 Å². The van der Waals surface area contributed by atoms with E-state index < -0.39 is 17.6 Å². The number of carbonyl (C=O) groups excluding carboxylic acids is 1. The SMILES string of the molecule is Cc1cc(C)cc(OCCC(=O)Nc2cccc(C(F)(F)F)c2)c1. The summed E-state index contributed by atoms with van der Waals surface area (Å²) in [6.07, 6.45) is -4.39. The predicted molar refractivity (Wildman–Crippen MR) is 86.1 cm³/mol. The maximum atomic E-state index is 12.6. The van der Waals surface area contributed by atoms with Crippen molar-refractivity contribution in [1.82, 2.24) is 0 Å². The normalized spacial score (nSPS) is 11.2. The van der Waals surface area contributed by atoms with Crippen LogP contribution in [0.25, 0.3) is 0 Å². The number of amides is 1. The van der Waals surface area contributed by atoms with Gasteiger partial charge in [-0.15, -0.1) is 0 Å². The number of aryl methyl sites for hydroxylation is 2. The fraction of sp³-hybridized carbons (Fsp3) is 0.278. The van der Waals surface area contributed by atoms with Gasteiger partial charge in [-0.1, -0.05) is 12.1 Å². The second-order valence-corrected chi connectivity index (χ2v) is 5.55. The maximum absolute atomic E-state index is 12.6. The highest BCUT2D eigenvalue weighted by Crippen LogP contribution is 2.30. The molecule has 3 nitrogen and oxygen atoms in total. The van der Waals surface area contributed by atoms with Crippen LogP contribution in [0.3, 0.4) is 0 Å². The zero-order chi connectivity index (χ0) is 17.7. The smallest absolute Gasteiger partial charge is 0.416 e. The Morgan fingerprint density at radius 1 is 1.08 bits per heavy atom. The number of nitrogens with one attached hydrogen (secondary N) is 1. The highest BCUT2D eigenvalue weighted by molar-refractivity contribution is 5.90. The van der Waals surface area contributed by atoms with Gasteiger partial charge in [-0.3, -0.25) is 4.79 Å². The van der Waals surface area contributed by atoms with Gasteiger partial charge in [-0.05, 0) is 55.3 Å². The summed E-state index contributed by atoms with van der Waals surface area (Å²) in [5.74, 6) is 0.262. The third-order valence-corrected chi connectivity index (χ3v) is 3.27. The van der Waals surface area contributed by atoms with E-state index in [0.29, 0.717) is 5.75 Å². The Bertz CT molecular complexity index is 706. The number of anilines is 1. The third-order valence-electron chi connectivity index (χ3n) is 3.27. The predicted octanol–water partition coefficient (Wildman–Crippen LogP) is 4.73. The van der Waals surface area contributed by atoms with Crippen LogP contribution in [0, 0.1) is 13.8 Å². The van der Waals surface area contributed by atoms with Gasteiger partial charge in [-0.25, -0.2) is 0 Å². The van der Waals surface area contributed by atoms with Crippen LogP contribution in [-0.2, 0) is 11.0 Å². The van der Waals surface area contributed by atoms with Gasteiger partial charge in [0.1, 0.15) is 5.75 Å².